The van der Waals surface area contributed by atoms with Gasteiger partial charge < -0.3 is 9.84 Å². The van der Waals surface area contributed by atoms with Crippen LogP contribution >= 0.6 is 23.2 Å². The van der Waals surface area contributed by atoms with Gasteiger partial charge in [-0.2, -0.15) is 0 Å². The molecular weight excluding hydrogens is 290 g/mol. The van der Waals surface area contributed by atoms with Crippen LogP contribution in [0.1, 0.15) is 17.2 Å². The van der Waals surface area contributed by atoms with Gasteiger partial charge in [-0.1, -0.05) is 29.3 Å². The van der Waals surface area contributed by atoms with Gasteiger partial charge >= 0.3 is 0 Å². The van der Waals surface area contributed by atoms with Gasteiger partial charge in [0.1, 0.15) is 17.7 Å². The Kier molecular flexibility index (Phi) is 4.30. The largest absolute Gasteiger partial charge is 0.496 e. The van der Waals surface area contributed by atoms with E-state index in [-0.39, 0.29) is 5.02 Å². The molecule has 0 saturated carbocycles. The molecule has 2 aromatic rings. The normalized spacial score (nSPS) is 12.3. The van der Waals surface area contributed by atoms with Gasteiger partial charge in [-0.3, -0.25) is 0 Å². The van der Waals surface area contributed by atoms with E-state index in [1.54, 1.807) is 24.3 Å². The van der Waals surface area contributed by atoms with E-state index in [1.165, 1.54) is 19.2 Å². The number of aliphatic hydroxyl groups excluding tert-OH is 1. The summed E-state index contributed by atoms with van der Waals surface area (Å²) in [6.07, 6.45) is -1.04. The summed E-state index contributed by atoms with van der Waals surface area (Å²) in [6.45, 7) is 0. The van der Waals surface area contributed by atoms with Gasteiger partial charge in [0.15, 0.2) is 0 Å². The van der Waals surface area contributed by atoms with E-state index in [0.29, 0.717) is 21.9 Å². The lowest BCUT2D eigenvalue weighted by atomic mass is 10.0. The molecule has 0 radical (unpaired) electrons. The Labute approximate surface area is 120 Å². The van der Waals surface area contributed by atoms with Crippen molar-refractivity contribution in [2.75, 3.05) is 7.11 Å². The first kappa shape index (κ1) is 14.1. The first-order valence-corrected chi connectivity index (χ1v) is 6.25. The molecule has 100 valence electrons. The fraction of sp³-hybridized carbons (Fsp3) is 0.143. The molecule has 0 heterocycles. The summed E-state index contributed by atoms with van der Waals surface area (Å²) in [5, 5.41) is 10.8. The summed E-state index contributed by atoms with van der Waals surface area (Å²) in [5.41, 5.74) is 0.846. The molecule has 0 aliphatic heterocycles. The zero-order valence-corrected chi connectivity index (χ0v) is 11.5. The van der Waals surface area contributed by atoms with Crippen molar-refractivity contribution in [1.29, 1.82) is 0 Å². The second-order valence-electron chi connectivity index (χ2n) is 3.96. The number of halogens is 3. The number of rotatable bonds is 3. The maximum Gasteiger partial charge on any atom is 0.142 e. The van der Waals surface area contributed by atoms with Crippen molar-refractivity contribution < 1.29 is 14.2 Å². The van der Waals surface area contributed by atoms with Crippen molar-refractivity contribution in [1.82, 2.24) is 0 Å². The minimum atomic E-state index is -1.04. The second kappa shape index (κ2) is 5.78. The fourth-order valence-corrected chi connectivity index (χ4v) is 2.08. The van der Waals surface area contributed by atoms with Gasteiger partial charge in [0.2, 0.25) is 0 Å². The summed E-state index contributed by atoms with van der Waals surface area (Å²) < 4.78 is 18.6. The van der Waals surface area contributed by atoms with Gasteiger partial charge in [-0.15, -0.1) is 0 Å². The summed E-state index contributed by atoms with van der Waals surface area (Å²) in [4.78, 5) is 0. The third kappa shape index (κ3) is 3.00. The molecule has 0 fully saturated rings. The minimum Gasteiger partial charge on any atom is -0.496 e. The van der Waals surface area contributed by atoms with Gasteiger partial charge in [-0.25, -0.2) is 4.39 Å². The summed E-state index contributed by atoms with van der Waals surface area (Å²) in [5.74, 6) is -0.105. The number of ether oxygens (including phenoxy) is 1. The highest BCUT2D eigenvalue weighted by Gasteiger charge is 2.17. The van der Waals surface area contributed by atoms with Crippen LogP contribution in [-0.2, 0) is 0 Å². The summed E-state index contributed by atoms with van der Waals surface area (Å²) in [6, 6.07) is 9.01. The Bertz CT molecular complexity index is 602. The van der Waals surface area contributed by atoms with Crippen LogP contribution in [0.25, 0.3) is 0 Å². The third-order valence-corrected chi connectivity index (χ3v) is 3.29. The molecule has 19 heavy (non-hydrogen) atoms. The van der Waals surface area contributed by atoms with Crippen LogP contribution in [-0.4, -0.2) is 12.2 Å². The number of benzene rings is 2. The number of hydrogen-bond acceptors (Lipinski definition) is 2. The second-order valence-corrected chi connectivity index (χ2v) is 4.81. The van der Waals surface area contributed by atoms with Crippen LogP contribution in [0.5, 0.6) is 5.75 Å². The zero-order chi connectivity index (χ0) is 14.0. The van der Waals surface area contributed by atoms with Crippen molar-refractivity contribution in [2.45, 2.75) is 6.10 Å². The lowest BCUT2D eigenvalue weighted by molar-refractivity contribution is 0.214. The van der Waals surface area contributed by atoms with Crippen LogP contribution in [0.2, 0.25) is 10.0 Å². The number of hydrogen-bond donors (Lipinski definition) is 1. The van der Waals surface area contributed by atoms with Gasteiger partial charge in [0, 0.05) is 10.6 Å². The predicted octanol–water partition coefficient (Wildman–Crippen LogP) is 4.22. The fourth-order valence-electron chi connectivity index (χ4n) is 1.78. The van der Waals surface area contributed by atoms with Gasteiger partial charge in [0.25, 0.3) is 0 Å². The van der Waals surface area contributed by atoms with Crippen LogP contribution < -0.4 is 4.74 Å². The first-order chi connectivity index (χ1) is 9.02. The van der Waals surface area contributed by atoms with Crippen molar-refractivity contribution in [3.63, 3.8) is 0 Å². The van der Waals surface area contributed by atoms with Crippen LogP contribution in [0.3, 0.4) is 0 Å². The molecule has 1 unspecified atom stereocenters. The average molecular weight is 301 g/mol. The Hall–Kier alpha value is -1.29. The van der Waals surface area contributed by atoms with E-state index in [0.717, 1.165) is 0 Å². The summed E-state index contributed by atoms with van der Waals surface area (Å²) >= 11 is 11.5. The van der Waals surface area contributed by atoms with Crippen molar-refractivity contribution in [3.05, 3.63) is 63.4 Å². The van der Waals surface area contributed by atoms with Crippen LogP contribution in [0.15, 0.2) is 36.4 Å². The predicted molar refractivity (Wildman–Crippen MR) is 73.5 cm³/mol. The number of aliphatic hydroxyl groups is 1. The molecule has 5 heteroatoms. The molecule has 0 bridgehead atoms. The Morgan fingerprint density at radius 3 is 2.53 bits per heavy atom. The van der Waals surface area contributed by atoms with E-state index in [9.17, 15) is 9.50 Å². The molecule has 2 nitrogen and oxygen atoms in total. The Morgan fingerprint density at radius 2 is 1.89 bits per heavy atom. The standard InChI is InChI=1S/C14H11Cl2FO2/c1-19-13-5-3-9(15)7-10(13)14(18)8-2-4-11(16)12(17)6-8/h2-7,14,18H,1H3. The maximum atomic E-state index is 13.4. The average Bonchev–Trinajstić information content (AvgIpc) is 2.41. The SMILES string of the molecule is COc1ccc(Cl)cc1C(O)c1ccc(Cl)c(F)c1. The Balaban J connectivity index is 2.45. The summed E-state index contributed by atoms with van der Waals surface area (Å²) in [7, 11) is 1.49. The third-order valence-electron chi connectivity index (χ3n) is 2.75. The van der Waals surface area contributed by atoms with E-state index in [1.807, 2.05) is 0 Å². The van der Waals surface area contributed by atoms with Crippen molar-refractivity contribution >= 4 is 23.2 Å². The topological polar surface area (TPSA) is 29.5 Å². The molecule has 0 spiro atoms. The molecule has 1 atom stereocenters. The molecule has 1 N–H and O–H groups in total. The van der Waals surface area contributed by atoms with Crippen molar-refractivity contribution in [2.24, 2.45) is 0 Å². The van der Waals surface area contributed by atoms with E-state index >= 15 is 0 Å². The quantitative estimate of drug-likeness (QED) is 0.919. The molecule has 0 aliphatic rings. The van der Waals surface area contributed by atoms with Gasteiger partial charge in [0.05, 0.1) is 12.1 Å². The smallest absolute Gasteiger partial charge is 0.142 e. The number of methoxy groups -OCH3 is 1. The molecule has 2 aromatic carbocycles. The molecule has 2 rings (SSSR count). The maximum absolute atomic E-state index is 13.4. The van der Waals surface area contributed by atoms with E-state index < -0.39 is 11.9 Å². The van der Waals surface area contributed by atoms with Crippen molar-refractivity contribution in [3.8, 4) is 5.75 Å². The zero-order valence-electron chi connectivity index (χ0n) is 10.0. The Morgan fingerprint density at radius 1 is 1.16 bits per heavy atom. The monoisotopic (exact) mass is 300 g/mol. The lowest BCUT2D eigenvalue weighted by Crippen LogP contribution is -2.03. The lowest BCUT2D eigenvalue weighted by Gasteiger charge is -2.15. The van der Waals surface area contributed by atoms with Gasteiger partial charge in [-0.05, 0) is 35.9 Å². The highest BCUT2D eigenvalue weighted by atomic mass is 35.5. The van der Waals surface area contributed by atoms with Crippen LogP contribution in [0.4, 0.5) is 4.39 Å². The molecule has 0 amide bonds. The molecular formula is C14H11Cl2FO2. The highest BCUT2D eigenvalue weighted by Crippen LogP contribution is 2.33. The van der Waals surface area contributed by atoms with Crippen LogP contribution in [0, 0.1) is 5.82 Å². The first-order valence-electron chi connectivity index (χ1n) is 5.49. The van der Waals surface area contributed by atoms with E-state index in [2.05, 4.69) is 0 Å². The molecule has 0 saturated heterocycles. The van der Waals surface area contributed by atoms with E-state index in [4.69, 9.17) is 27.9 Å². The highest BCUT2D eigenvalue weighted by molar-refractivity contribution is 6.31. The molecule has 0 aliphatic carbocycles. The minimum absolute atomic E-state index is 0.00834. The molecule has 0 aromatic heterocycles.